The second-order valence-electron chi connectivity index (χ2n) is 1.77. The molecule has 0 radical (unpaired) electrons. The van der Waals surface area contributed by atoms with E-state index in [4.69, 9.17) is 0 Å². The van der Waals surface area contributed by atoms with Gasteiger partial charge < -0.3 is 9.90 Å². The smallest absolute Gasteiger partial charge is 0.545 e. The van der Waals surface area contributed by atoms with Gasteiger partial charge in [0.15, 0.2) is 0 Å². The molecule has 0 aliphatic carbocycles. The van der Waals surface area contributed by atoms with Crippen molar-refractivity contribution < 1.29 is 39.5 Å². The monoisotopic (exact) mass is 222 g/mol. The number of hydrogen-bond acceptors (Lipinski definition) is 2. The minimum absolute atomic E-state index is 0. The first-order chi connectivity index (χ1) is 4.72. The first-order valence-corrected chi connectivity index (χ1v) is 3.47. The second kappa shape index (κ2) is 4.93. The van der Waals surface area contributed by atoms with Crippen LogP contribution in [0.3, 0.4) is 0 Å². The number of carbonyl (C=O) groups is 1. The third-order valence-corrected chi connectivity index (χ3v) is 1.79. The number of rotatable bonds is 1. The molecule has 4 heteroatoms. The van der Waals surface area contributed by atoms with Crippen molar-refractivity contribution in [3.8, 4) is 0 Å². The molecule has 2 nitrogen and oxygen atoms in total. The van der Waals surface area contributed by atoms with Gasteiger partial charge in [0.2, 0.25) is 0 Å². The van der Waals surface area contributed by atoms with Gasteiger partial charge in [0.05, 0.1) is 5.97 Å². The Hall–Kier alpha value is 0.170. The van der Waals surface area contributed by atoms with Crippen LogP contribution in [-0.2, 0) is 0 Å². The van der Waals surface area contributed by atoms with E-state index in [0.29, 0.717) is 4.47 Å². The molecular formula is C7H4BrNaO2. The Balaban J connectivity index is 0.000001000. The van der Waals surface area contributed by atoms with Gasteiger partial charge in [-0.05, 0) is 6.07 Å². The van der Waals surface area contributed by atoms with E-state index in [1.54, 1.807) is 18.2 Å². The number of carboxylic acid groups (broad SMARTS) is 1. The van der Waals surface area contributed by atoms with E-state index in [9.17, 15) is 9.90 Å². The molecule has 0 heterocycles. The average Bonchev–Trinajstić information content (AvgIpc) is 1.88. The number of aromatic carboxylic acids is 1. The van der Waals surface area contributed by atoms with Gasteiger partial charge >= 0.3 is 29.6 Å². The molecule has 1 rings (SSSR count). The molecule has 1 aromatic carbocycles. The molecule has 52 valence electrons. The third kappa shape index (κ3) is 2.95. The fourth-order valence-electron chi connectivity index (χ4n) is 0.627. The molecule has 0 amide bonds. The van der Waals surface area contributed by atoms with E-state index in [1.807, 2.05) is 0 Å². The SMILES string of the molecule is O=C([O-])c1ccccc1Br.[Na+]. The maximum atomic E-state index is 10.3. The van der Waals surface area contributed by atoms with Crippen molar-refractivity contribution in [2.24, 2.45) is 0 Å². The van der Waals surface area contributed by atoms with Gasteiger partial charge in [-0.25, -0.2) is 0 Å². The fourth-order valence-corrected chi connectivity index (χ4v) is 1.07. The predicted octanol–water partition coefficient (Wildman–Crippen LogP) is -2.18. The topological polar surface area (TPSA) is 40.1 Å². The van der Waals surface area contributed by atoms with Gasteiger partial charge in [-0.3, -0.25) is 0 Å². The molecule has 0 aliphatic rings. The van der Waals surface area contributed by atoms with Crippen molar-refractivity contribution in [1.82, 2.24) is 0 Å². The summed E-state index contributed by atoms with van der Waals surface area (Å²) < 4.78 is 0.551. The molecule has 0 aliphatic heterocycles. The summed E-state index contributed by atoms with van der Waals surface area (Å²) >= 11 is 3.08. The van der Waals surface area contributed by atoms with Gasteiger partial charge in [0, 0.05) is 10.0 Å². The third-order valence-electron chi connectivity index (χ3n) is 1.09. The van der Waals surface area contributed by atoms with E-state index in [2.05, 4.69) is 15.9 Å². The standard InChI is InChI=1S/C7H5BrO2.Na/c8-6-4-2-1-3-5(6)7(9)10;/h1-4H,(H,9,10);/q;+1/p-1. The van der Waals surface area contributed by atoms with Crippen LogP contribution in [0.1, 0.15) is 10.4 Å². The zero-order valence-corrected chi connectivity index (χ0v) is 9.59. The molecule has 0 N–H and O–H groups in total. The zero-order valence-electron chi connectivity index (χ0n) is 6.00. The van der Waals surface area contributed by atoms with Crippen LogP contribution >= 0.6 is 15.9 Å². The van der Waals surface area contributed by atoms with Gasteiger partial charge in [0.1, 0.15) is 0 Å². The molecule has 0 aromatic heterocycles. The van der Waals surface area contributed by atoms with Gasteiger partial charge in [-0.1, -0.05) is 34.1 Å². The van der Waals surface area contributed by atoms with Crippen LogP contribution in [0, 0.1) is 0 Å². The van der Waals surface area contributed by atoms with E-state index in [1.165, 1.54) is 6.07 Å². The van der Waals surface area contributed by atoms with E-state index < -0.39 is 5.97 Å². The Bertz CT molecular complexity index is 262. The van der Waals surface area contributed by atoms with Gasteiger partial charge in [0.25, 0.3) is 0 Å². The minimum atomic E-state index is -1.16. The Morgan fingerprint density at radius 3 is 2.27 bits per heavy atom. The van der Waals surface area contributed by atoms with E-state index in [-0.39, 0.29) is 35.1 Å². The van der Waals surface area contributed by atoms with E-state index in [0.717, 1.165) is 0 Å². The van der Waals surface area contributed by atoms with Crippen molar-refractivity contribution in [1.29, 1.82) is 0 Å². The van der Waals surface area contributed by atoms with Crippen molar-refractivity contribution in [3.05, 3.63) is 34.3 Å². The maximum Gasteiger partial charge on any atom is 1.00 e. The fraction of sp³-hybridized carbons (Fsp3) is 0. The Morgan fingerprint density at radius 2 is 1.91 bits per heavy atom. The summed E-state index contributed by atoms with van der Waals surface area (Å²) in [6.07, 6.45) is 0. The van der Waals surface area contributed by atoms with Crippen molar-refractivity contribution in [3.63, 3.8) is 0 Å². The van der Waals surface area contributed by atoms with Crippen LogP contribution in [0.4, 0.5) is 0 Å². The molecule has 0 fully saturated rings. The Morgan fingerprint density at radius 1 is 1.36 bits per heavy atom. The molecule has 0 spiro atoms. The summed E-state index contributed by atoms with van der Waals surface area (Å²) in [5.41, 5.74) is 0.183. The van der Waals surface area contributed by atoms with Crippen LogP contribution in [-0.4, -0.2) is 5.97 Å². The summed E-state index contributed by atoms with van der Waals surface area (Å²) in [5.74, 6) is -1.16. The van der Waals surface area contributed by atoms with Gasteiger partial charge in [-0.15, -0.1) is 0 Å². The van der Waals surface area contributed by atoms with Crippen LogP contribution in [0.25, 0.3) is 0 Å². The van der Waals surface area contributed by atoms with E-state index >= 15 is 0 Å². The maximum absolute atomic E-state index is 10.3. The molecule has 0 saturated carbocycles. The Labute approximate surface area is 95.0 Å². The summed E-state index contributed by atoms with van der Waals surface area (Å²) in [7, 11) is 0. The van der Waals surface area contributed by atoms with Gasteiger partial charge in [-0.2, -0.15) is 0 Å². The van der Waals surface area contributed by atoms with Crippen molar-refractivity contribution in [2.45, 2.75) is 0 Å². The quantitative estimate of drug-likeness (QED) is 0.507. The first kappa shape index (κ1) is 11.2. The summed E-state index contributed by atoms with van der Waals surface area (Å²) in [5, 5.41) is 10.3. The molecule has 0 atom stereocenters. The molecular weight excluding hydrogens is 219 g/mol. The normalized spacial score (nSPS) is 8.45. The van der Waals surface area contributed by atoms with Crippen LogP contribution < -0.4 is 34.7 Å². The number of hydrogen-bond donors (Lipinski definition) is 0. The number of benzene rings is 1. The van der Waals surface area contributed by atoms with Crippen LogP contribution in [0.15, 0.2) is 28.7 Å². The predicted molar refractivity (Wildman–Crippen MR) is 38.5 cm³/mol. The van der Waals surface area contributed by atoms with Crippen molar-refractivity contribution >= 4 is 21.9 Å². The van der Waals surface area contributed by atoms with Crippen LogP contribution in [0.5, 0.6) is 0 Å². The Kier molecular flexibility index (Phi) is 5.01. The molecule has 0 unspecified atom stereocenters. The van der Waals surface area contributed by atoms with Crippen LogP contribution in [0.2, 0.25) is 0 Å². The van der Waals surface area contributed by atoms with Crippen molar-refractivity contribution in [2.75, 3.05) is 0 Å². The summed E-state index contributed by atoms with van der Waals surface area (Å²) in [6, 6.07) is 6.54. The zero-order chi connectivity index (χ0) is 7.56. The summed E-state index contributed by atoms with van der Waals surface area (Å²) in [6.45, 7) is 0. The molecule has 0 bridgehead atoms. The summed E-state index contributed by atoms with van der Waals surface area (Å²) in [4.78, 5) is 10.3. The number of halogens is 1. The molecule has 0 saturated heterocycles. The molecule has 11 heavy (non-hydrogen) atoms. The number of carboxylic acids is 1. The molecule has 1 aromatic rings. The minimum Gasteiger partial charge on any atom is -0.545 e. The largest absolute Gasteiger partial charge is 1.00 e. The first-order valence-electron chi connectivity index (χ1n) is 2.67. The average molecular weight is 223 g/mol. The number of carbonyl (C=O) groups excluding carboxylic acids is 1. The second-order valence-corrected chi connectivity index (χ2v) is 2.62.